The van der Waals surface area contributed by atoms with Crippen LogP contribution in [-0.4, -0.2) is 48.2 Å². The molecule has 1 N–H and O–H groups in total. The van der Waals surface area contributed by atoms with E-state index in [4.69, 9.17) is 9.47 Å². The van der Waals surface area contributed by atoms with Crippen LogP contribution in [0.25, 0.3) is 0 Å². The minimum atomic E-state index is -0.492. The number of methoxy groups -OCH3 is 2. The number of hydrogen-bond acceptors (Lipinski definition) is 9. The molecule has 3 rings (SSSR count). The summed E-state index contributed by atoms with van der Waals surface area (Å²) in [6.07, 6.45) is 2.39. The maximum atomic E-state index is 11.8. The van der Waals surface area contributed by atoms with Crippen molar-refractivity contribution in [2.45, 2.75) is 12.8 Å². The third kappa shape index (κ3) is 4.11. The van der Waals surface area contributed by atoms with Crippen molar-refractivity contribution < 1.29 is 19.2 Å². The number of carbonyl (C=O) groups excluding carboxylic acids is 1. The normalized spacial score (nSPS) is 14.4. The molecule has 1 fully saturated rings. The average molecular weight is 387 g/mol. The number of benzene rings is 1. The molecule has 148 valence electrons. The van der Waals surface area contributed by atoms with E-state index in [1.165, 1.54) is 13.4 Å². The zero-order chi connectivity index (χ0) is 20.1. The van der Waals surface area contributed by atoms with Gasteiger partial charge in [-0.25, -0.2) is 9.97 Å². The zero-order valence-corrected chi connectivity index (χ0v) is 15.6. The van der Waals surface area contributed by atoms with Crippen LogP contribution in [0.3, 0.4) is 0 Å². The van der Waals surface area contributed by atoms with E-state index in [1.807, 2.05) is 0 Å². The average Bonchev–Trinajstić information content (AvgIpc) is 2.73. The monoisotopic (exact) mass is 387 g/mol. The summed E-state index contributed by atoms with van der Waals surface area (Å²) in [4.78, 5) is 33.0. The molecule has 0 amide bonds. The van der Waals surface area contributed by atoms with E-state index in [2.05, 4.69) is 15.3 Å². The number of hydrogen-bond donors (Lipinski definition) is 1. The molecule has 0 aliphatic carbocycles. The predicted octanol–water partition coefficient (Wildman–Crippen LogP) is 2.53. The molecule has 10 heteroatoms. The molecule has 2 heterocycles. The topological polar surface area (TPSA) is 120 Å². The van der Waals surface area contributed by atoms with E-state index < -0.39 is 4.92 Å². The molecule has 1 aliphatic rings. The standard InChI is InChI=1S/C18H21N5O5/c1-27-14-5-3-13(4-6-14)21-16-15(23(25)26)17(20-11-19-16)22-9-7-12(8-10-22)18(24)28-2/h3-6,11-12H,7-10H2,1-2H3,(H,19,20,21). The van der Waals surface area contributed by atoms with Gasteiger partial charge in [0.1, 0.15) is 12.1 Å². The van der Waals surface area contributed by atoms with Crippen LogP contribution in [0.2, 0.25) is 0 Å². The van der Waals surface area contributed by atoms with E-state index in [-0.39, 0.29) is 29.2 Å². The lowest BCUT2D eigenvalue weighted by Crippen LogP contribution is -2.37. The lowest BCUT2D eigenvalue weighted by Gasteiger charge is -2.31. The molecular formula is C18H21N5O5. The van der Waals surface area contributed by atoms with Crippen LogP contribution in [-0.2, 0) is 9.53 Å². The second-order valence-corrected chi connectivity index (χ2v) is 6.29. The van der Waals surface area contributed by atoms with Crippen LogP contribution in [0, 0.1) is 16.0 Å². The minimum absolute atomic E-state index is 0.107. The predicted molar refractivity (Wildman–Crippen MR) is 102 cm³/mol. The number of esters is 1. The fourth-order valence-electron chi connectivity index (χ4n) is 3.17. The Morgan fingerprint density at radius 3 is 2.46 bits per heavy atom. The van der Waals surface area contributed by atoms with Crippen molar-refractivity contribution >= 4 is 29.0 Å². The van der Waals surface area contributed by atoms with Crippen LogP contribution in [0.15, 0.2) is 30.6 Å². The maximum absolute atomic E-state index is 11.8. The van der Waals surface area contributed by atoms with Crippen molar-refractivity contribution in [2.75, 3.05) is 37.5 Å². The molecule has 0 bridgehead atoms. The van der Waals surface area contributed by atoms with Crippen LogP contribution < -0.4 is 15.0 Å². The number of aromatic nitrogens is 2. The van der Waals surface area contributed by atoms with Gasteiger partial charge in [0.15, 0.2) is 0 Å². The molecule has 0 saturated carbocycles. The van der Waals surface area contributed by atoms with Gasteiger partial charge in [-0.3, -0.25) is 14.9 Å². The number of carbonyl (C=O) groups is 1. The molecule has 0 atom stereocenters. The van der Waals surface area contributed by atoms with E-state index in [9.17, 15) is 14.9 Å². The fraction of sp³-hybridized carbons (Fsp3) is 0.389. The summed E-state index contributed by atoms with van der Waals surface area (Å²) in [5.74, 6) is 0.573. The highest BCUT2D eigenvalue weighted by Crippen LogP contribution is 2.35. The number of rotatable bonds is 6. The molecule has 10 nitrogen and oxygen atoms in total. The maximum Gasteiger partial charge on any atom is 0.353 e. The largest absolute Gasteiger partial charge is 0.497 e. The Morgan fingerprint density at radius 1 is 1.21 bits per heavy atom. The summed E-state index contributed by atoms with van der Waals surface area (Å²) in [5.41, 5.74) is 0.438. The molecule has 0 spiro atoms. The first kappa shape index (κ1) is 19.3. The number of nitrogens with zero attached hydrogens (tertiary/aromatic N) is 4. The lowest BCUT2D eigenvalue weighted by molar-refractivity contribution is -0.383. The summed E-state index contributed by atoms with van der Waals surface area (Å²) in [5, 5.41) is 14.7. The van der Waals surface area contributed by atoms with Crippen molar-refractivity contribution in [1.82, 2.24) is 9.97 Å². The van der Waals surface area contributed by atoms with Gasteiger partial charge in [0, 0.05) is 18.8 Å². The first-order valence-corrected chi connectivity index (χ1v) is 8.76. The van der Waals surface area contributed by atoms with Gasteiger partial charge in [-0.15, -0.1) is 0 Å². The van der Waals surface area contributed by atoms with E-state index in [1.54, 1.807) is 36.3 Å². The molecule has 0 unspecified atom stereocenters. The molecule has 0 radical (unpaired) electrons. The smallest absolute Gasteiger partial charge is 0.353 e. The molecule has 1 aromatic carbocycles. The highest BCUT2D eigenvalue weighted by molar-refractivity contribution is 5.76. The van der Waals surface area contributed by atoms with Gasteiger partial charge in [-0.05, 0) is 37.1 Å². The van der Waals surface area contributed by atoms with Crippen molar-refractivity contribution in [3.8, 4) is 5.75 Å². The number of anilines is 3. The third-order valence-electron chi connectivity index (χ3n) is 4.67. The van der Waals surface area contributed by atoms with Crippen molar-refractivity contribution in [2.24, 2.45) is 5.92 Å². The molecule has 1 aliphatic heterocycles. The van der Waals surface area contributed by atoms with Crippen LogP contribution >= 0.6 is 0 Å². The van der Waals surface area contributed by atoms with Crippen molar-refractivity contribution in [3.05, 3.63) is 40.7 Å². The molecule has 1 saturated heterocycles. The van der Waals surface area contributed by atoms with Gasteiger partial charge >= 0.3 is 11.7 Å². The first-order valence-electron chi connectivity index (χ1n) is 8.76. The second-order valence-electron chi connectivity index (χ2n) is 6.29. The Labute approximate surface area is 161 Å². The van der Waals surface area contributed by atoms with Gasteiger partial charge < -0.3 is 19.7 Å². The number of piperidine rings is 1. The van der Waals surface area contributed by atoms with Gasteiger partial charge in [0.25, 0.3) is 0 Å². The molecule has 2 aromatic rings. The number of ether oxygens (including phenoxy) is 2. The molecule has 28 heavy (non-hydrogen) atoms. The Kier molecular flexibility index (Phi) is 5.87. The Balaban J connectivity index is 1.83. The van der Waals surface area contributed by atoms with Crippen LogP contribution in [0.5, 0.6) is 5.75 Å². The highest BCUT2D eigenvalue weighted by atomic mass is 16.6. The Morgan fingerprint density at radius 2 is 1.89 bits per heavy atom. The van der Waals surface area contributed by atoms with Gasteiger partial charge in [0.05, 0.1) is 25.1 Å². The van der Waals surface area contributed by atoms with E-state index in [0.29, 0.717) is 37.4 Å². The molecular weight excluding hydrogens is 366 g/mol. The summed E-state index contributed by atoms with van der Waals surface area (Å²) in [7, 11) is 2.93. The summed E-state index contributed by atoms with van der Waals surface area (Å²) >= 11 is 0. The number of nitrogens with one attached hydrogen (secondary N) is 1. The summed E-state index contributed by atoms with van der Waals surface area (Å²) < 4.78 is 9.90. The number of nitro groups is 1. The fourth-order valence-corrected chi connectivity index (χ4v) is 3.17. The third-order valence-corrected chi connectivity index (χ3v) is 4.67. The van der Waals surface area contributed by atoms with E-state index >= 15 is 0 Å². The van der Waals surface area contributed by atoms with Crippen molar-refractivity contribution in [3.63, 3.8) is 0 Å². The second kappa shape index (κ2) is 8.51. The molecule has 1 aromatic heterocycles. The van der Waals surface area contributed by atoms with Gasteiger partial charge in [0.2, 0.25) is 11.6 Å². The van der Waals surface area contributed by atoms with Crippen LogP contribution in [0.1, 0.15) is 12.8 Å². The quantitative estimate of drug-likeness (QED) is 0.453. The van der Waals surface area contributed by atoms with Crippen LogP contribution in [0.4, 0.5) is 23.0 Å². The van der Waals surface area contributed by atoms with Gasteiger partial charge in [-0.2, -0.15) is 0 Å². The minimum Gasteiger partial charge on any atom is -0.497 e. The first-order chi connectivity index (χ1) is 13.5. The van der Waals surface area contributed by atoms with Crippen molar-refractivity contribution in [1.29, 1.82) is 0 Å². The summed E-state index contributed by atoms with van der Waals surface area (Å²) in [6, 6.07) is 6.97. The van der Waals surface area contributed by atoms with Gasteiger partial charge in [-0.1, -0.05) is 0 Å². The SMILES string of the molecule is COC(=O)C1CCN(c2ncnc(Nc3ccc(OC)cc3)c2[N+](=O)[O-])CC1. The summed E-state index contributed by atoms with van der Waals surface area (Å²) in [6.45, 7) is 0.944. The zero-order valence-electron chi connectivity index (χ0n) is 15.6. The Hall–Kier alpha value is -3.43. The highest BCUT2D eigenvalue weighted by Gasteiger charge is 2.32. The Bertz CT molecular complexity index is 850. The lowest BCUT2D eigenvalue weighted by atomic mass is 9.97. The van der Waals surface area contributed by atoms with E-state index in [0.717, 1.165) is 0 Å².